The fraction of sp³-hybridized carbons (Fsp3) is 0.200. The molecule has 0 aliphatic rings. The number of rotatable bonds is 5. The normalized spacial score (nSPS) is 10.7. The number of nitrogen functional groups attached to an aromatic ring is 1. The molecule has 0 saturated heterocycles. The van der Waals surface area contributed by atoms with Crippen LogP contribution in [0.15, 0.2) is 42.9 Å². The number of methoxy groups -OCH3 is 1. The van der Waals surface area contributed by atoms with Gasteiger partial charge in [-0.1, -0.05) is 6.07 Å². The van der Waals surface area contributed by atoms with Gasteiger partial charge in [0.1, 0.15) is 11.6 Å². The molecular formula is C15H17N5O. The molecule has 0 amide bonds. The Kier molecular flexibility index (Phi) is 3.59. The number of hydrogen-bond donors (Lipinski definition) is 2. The largest absolute Gasteiger partial charge is 0.497 e. The first-order valence-corrected chi connectivity index (χ1v) is 6.71. The van der Waals surface area contributed by atoms with Crippen LogP contribution in [-0.2, 0) is 6.54 Å². The molecule has 0 fully saturated rings. The Balaban J connectivity index is 1.76. The van der Waals surface area contributed by atoms with Gasteiger partial charge in [0.15, 0.2) is 0 Å². The third kappa shape index (κ3) is 2.89. The molecule has 3 aromatic rings. The van der Waals surface area contributed by atoms with Crippen LogP contribution in [0, 0.1) is 0 Å². The van der Waals surface area contributed by atoms with E-state index in [1.54, 1.807) is 30.4 Å². The molecule has 0 aliphatic heterocycles. The van der Waals surface area contributed by atoms with E-state index in [4.69, 9.17) is 10.5 Å². The van der Waals surface area contributed by atoms with E-state index in [-0.39, 0.29) is 0 Å². The molecule has 0 spiro atoms. The van der Waals surface area contributed by atoms with Crippen LogP contribution in [0.2, 0.25) is 0 Å². The maximum Gasteiger partial charge on any atom is 0.134 e. The number of nitrogens with zero attached hydrogens (tertiary/aromatic N) is 3. The van der Waals surface area contributed by atoms with E-state index in [0.29, 0.717) is 12.2 Å². The predicted molar refractivity (Wildman–Crippen MR) is 83.4 cm³/mol. The van der Waals surface area contributed by atoms with E-state index >= 15 is 0 Å². The summed E-state index contributed by atoms with van der Waals surface area (Å²) in [5.41, 5.74) is 6.31. The van der Waals surface area contributed by atoms with Crippen molar-refractivity contribution in [3.63, 3.8) is 0 Å². The van der Waals surface area contributed by atoms with Crippen LogP contribution in [0.25, 0.3) is 10.8 Å². The lowest BCUT2D eigenvalue weighted by Crippen LogP contribution is -2.11. The summed E-state index contributed by atoms with van der Waals surface area (Å²) in [7, 11) is 1.66. The second-order valence-electron chi connectivity index (χ2n) is 4.71. The average molecular weight is 283 g/mol. The van der Waals surface area contributed by atoms with Gasteiger partial charge in [-0.3, -0.25) is 4.68 Å². The number of aromatic nitrogens is 3. The quantitative estimate of drug-likeness (QED) is 0.750. The highest BCUT2D eigenvalue weighted by atomic mass is 16.5. The molecule has 2 heterocycles. The van der Waals surface area contributed by atoms with E-state index in [1.165, 1.54) is 0 Å². The summed E-state index contributed by atoms with van der Waals surface area (Å²) in [6.45, 7) is 1.43. The molecule has 0 radical (unpaired) electrons. The lowest BCUT2D eigenvalue weighted by molar-refractivity contribution is 0.415. The first-order valence-electron chi connectivity index (χ1n) is 6.71. The van der Waals surface area contributed by atoms with Crippen LogP contribution in [0.1, 0.15) is 0 Å². The Morgan fingerprint density at radius 2 is 2.24 bits per heavy atom. The highest BCUT2D eigenvalue weighted by Crippen LogP contribution is 2.25. The Hall–Kier alpha value is -2.76. The zero-order chi connectivity index (χ0) is 14.7. The molecule has 6 heteroatoms. The molecule has 108 valence electrons. The lowest BCUT2D eigenvalue weighted by atomic mass is 10.1. The number of anilines is 2. The van der Waals surface area contributed by atoms with Gasteiger partial charge < -0.3 is 15.8 Å². The molecule has 0 bridgehead atoms. The molecular weight excluding hydrogens is 266 g/mol. The summed E-state index contributed by atoms with van der Waals surface area (Å²) in [6.07, 6.45) is 5.24. The minimum Gasteiger partial charge on any atom is -0.497 e. The first kappa shape index (κ1) is 13.2. The van der Waals surface area contributed by atoms with Crippen molar-refractivity contribution in [1.29, 1.82) is 0 Å². The Bertz CT molecular complexity index is 753. The Morgan fingerprint density at radius 3 is 3.00 bits per heavy atom. The number of ether oxygens (including phenoxy) is 1. The van der Waals surface area contributed by atoms with Crippen molar-refractivity contribution in [3.8, 4) is 5.75 Å². The van der Waals surface area contributed by atoms with Gasteiger partial charge in [0.25, 0.3) is 0 Å². The molecule has 1 aromatic carbocycles. The van der Waals surface area contributed by atoms with Crippen molar-refractivity contribution >= 4 is 22.3 Å². The van der Waals surface area contributed by atoms with Crippen LogP contribution in [0.3, 0.4) is 0 Å². The van der Waals surface area contributed by atoms with Crippen LogP contribution in [0.4, 0.5) is 11.5 Å². The summed E-state index contributed by atoms with van der Waals surface area (Å²) < 4.78 is 7.07. The molecule has 6 nitrogen and oxygen atoms in total. The highest BCUT2D eigenvalue weighted by Gasteiger charge is 2.04. The number of fused-ring (bicyclic) bond motifs is 1. The molecule has 3 rings (SSSR count). The third-order valence-corrected chi connectivity index (χ3v) is 3.26. The van der Waals surface area contributed by atoms with Crippen molar-refractivity contribution in [2.75, 3.05) is 24.7 Å². The number of pyridine rings is 1. The highest BCUT2D eigenvalue weighted by molar-refractivity contribution is 5.92. The molecule has 21 heavy (non-hydrogen) atoms. The summed E-state index contributed by atoms with van der Waals surface area (Å²) in [5, 5.41) is 9.64. The number of nitrogens with two attached hydrogens (primary N) is 1. The van der Waals surface area contributed by atoms with Crippen LogP contribution in [-0.4, -0.2) is 28.4 Å². The minimum absolute atomic E-state index is 0.669. The lowest BCUT2D eigenvalue weighted by Gasteiger charge is -2.10. The van der Waals surface area contributed by atoms with Gasteiger partial charge in [-0.05, 0) is 23.6 Å². The first-order chi connectivity index (χ1) is 10.3. The van der Waals surface area contributed by atoms with Gasteiger partial charge in [0.05, 0.1) is 25.5 Å². The van der Waals surface area contributed by atoms with Gasteiger partial charge in [0.2, 0.25) is 0 Å². The zero-order valence-electron chi connectivity index (χ0n) is 11.8. The van der Waals surface area contributed by atoms with Crippen molar-refractivity contribution in [2.45, 2.75) is 6.54 Å². The molecule has 0 atom stereocenters. The standard InChI is InChI=1S/C15H17N5O/c1-21-13-3-2-11-4-5-17-15(14(11)8-13)18-6-7-20-10-12(16)9-19-20/h2-5,8-10H,6-7,16H2,1H3,(H,17,18). The third-order valence-electron chi connectivity index (χ3n) is 3.26. The van der Waals surface area contributed by atoms with Gasteiger partial charge in [-0.2, -0.15) is 5.10 Å². The summed E-state index contributed by atoms with van der Waals surface area (Å²) in [4.78, 5) is 4.40. The number of benzene rings is 1. The monoisotopic (exact) mass is 283 g/mol. The van der Waals surface area contributed by atoms with E-state index in [0.717, 1.165) is 28.9 Å². The van der Waals surface area contributed by atoms with Crippen LogP contribution < -0.4 is 15.8 Å². The molecule has 0 saturated carbocycles. The van der Waals surface area contributed by atoms with Gasteiger partial charge >= 0.3 is 0 Å². The topological polar surface area (TPSA) is 78.0 Å². The van der Waals surface area contributed by atoms with E-state index in [1.807, 2.05) is 24.3 Å². The van der Waals surface area contributed by atoms with Crippen molar-refractivity contribution in [3.05, 3.63) is 42.9 Å². The molecule has 0 aliphatic carbocycles. The molecule has 2 aromatic heterocycles. The second kappa shape index (κ2) is 5.70. The van der Waals surface area contributed by atoms with Gasteiger partial charge in [-0.15, -0.1) is 0 Å². The van der Waals surface area contributed by atoms with Crippen molar-refractivity contribution in [1.82, 2.24) is 14.8 Å². The Morgan fingerprint density at radius 1 is 1.33 bits per heavy atom. The van der Waals surface area contributed by atoms with Gasteiger partial charge in [-0.25, -0.2) is 4.98 Å². The SMILES string of the molecule is COc1ccc2ccnc(NCCn3cc(N)cn3)c2c1. The maximum atomic E-state index is 5.64. The minimum atomic E-state index is 0.669. The van der Waals surface area contributed by atoms with Crippen molar-refractivity contribution < 1.29 is 4.74 Å². The maximum absolute atomic E-state index is 5.64. The zero-order valence-corrected chi connectivity index (χ0v) is 11.8. The Labute approximate surface area is 122 Å². The van der Waals surface area contributed by atoms with Crippen molar-refractivity contribution in [2.24, 2.45) is 0 Å². The fourth-order valence-electron chi connectivity index (χ4n) is 2.21. The molecule has 0 unspecified atom stereocenters. The smallest absolute Gasteiger partial charge is 0.134 e. The van der Waals surface area contributed by atoms with E-state index in [2.05, 4.69) is 15.4 Å². The summed E-state index contributed by atoms with van der Waals surface area (Å²) in [5.74, 6) is 1.66. The number of hydrogen-bond acceptors (Lipinski definition) is 5. The van der Waals surface area contributed by atoms with Gasteiger partial charge in [0, 0.05) is 24.3 Å². The second-order valence-corrected chi connectivity index (χ2v) is 4.71. The fourth-order valence-corrected chi connectivity index (χ4v) is 2.21. The van der Waals surface area contributed by atoms with E-state index in [9.17, 15) is 0 Å². The summed E-state index contributed by atoms with van der Waals surface area (Å²) in [6, 6.07) is 7.93. The number of nitrogens with one attached hydrogen (secondary N) is 1. The average Bonchev–Trinajstić information content (AvgIpc) is 2.92. The summed E-state index contributed by atoms with van der Waals surface area (Å²) >= 11 is 0. The van der Waals surface area contributed by atoms with Crippen LogP contribution >= 0.6 is 0 Å². The van der Waals surface area contributed by atoms with Crippen LogP contribution in [0.5, 0.6) is 5.75 Å². The molecule has 3 N–H and O–H groups in total. The van der Waals surface area contributed by atoms with E-state index < -0.39 is 0 Å². The predicted octanol–water partition coefficient (Wildman–Crippen LogP) is 2.13.